The van der Waals surface area contributed by atoms with Crippen molar-refractivity contribution in [1.29, 1.82) is 0 Å². The van der Waals surface area contributed by atoms with E-state index >= 15 is 0 Å². The van der Waals surface area contributed by atoms with Crippen LogP contribution in [0.3, 0.4) is 0 Å². The van der Waals surface area contributed by atoms with E-state index in [1.165, 1.54) is 0 Å². The van der Waals surface area contributed by atoms with E-state index in [9.17, 15) is 19.4 Å². The number of amides is 1. The van der Waals surface area contributed by atoms with E-state index in [0.717, 1.165) is 51.4 Å². The Morgan fingerprint density at radius 1 is 0.795 bits per heavy atom. The number of carbonyl (C=O) groups excluding carboxylic acids is 1. The first-order valence-electron chi connectivity index (χ1n) is 15.9. The number of aliphatic hydroxyl groups is 1. The first-order chi connectivity index (χ1) is 21.0. The normalized spacial score (nSPS) is 16.1. The maximum absolute atomic E-state index is 12.6. The maximum Gasteiger partial charge on any atom is 0.472 e. The lowest BCUT2D eigenvalue weighted by Gasteiger charge is -2.25. The predicted octanol–water partition coefficient (Wildman–Crippen LogP) is 7.51. The second kappa shape index (κ2) is 27.0. The van der Waals surface area contributed by atoms with Gasteiger partial charge in [0.1, 0.15) is 13.2 Å². The van der Waals surface area contributed by atoms with Crippen LogP contribution in [-0.2, 0) is 18.4 Å². The molecule has 44 heavy (non-hydrogen) atoms. The van der Waals surface area contributed by atoms with Crippen LogP contribution in [0.15, 0.2) is 85.1 Å². The fourth-order valence-corrected chi connectivity index (χ4v) is 4.35. The molecule has 9 heteroatoms. The van der Waals surface area contributed by atoms with Crippen molar-refractivity contribution in [3.63, 3.8) is 0 Å². The van der Waals surface area contributed by atoms with Gasteiger partial charge in [0.15, 0.2) is 0 Å². The molecular weight excluding hydrogens is 575 g/mol. The summed E-state index contributed by atoms with van der Waals surface area (Å²) in [5.74, 6) is -0.281. The van der Waals surface area contributed by atoms with Crippen LogP contribution in [0.4, 0.5) is 0 Å². The molecule has 3 N–H and O–H groups in total. The molecule has 0 aromatic carbocycles. The summed E-state index contributed by atoms with van der Waals surface area (Å²) in [7, 11) is 1.48. The van der Waals surface area contributed by atoms with Crippen LogP contribution in [0.1, 0.15) is 78.1 Å². The highest BCUT2D eigenvalue weighted by molar-refractivity contribution is 7.47. The SMILES string of the molecule is C/C=C/CC/C=C/CC/C=C/C(O)C(COP(=O)(O)OCC[N+](C)(C)C)NC(=O)CC/C=C\C/C=C\C/C=C\C/C=C\CC. The monoisotopic (exact) mass is 635 g/mol. The van der Waals surface area contributed by atoms with Gasteiger partial charge in [-0.2, -0.15) is 0 Å². The molecule has 0 heterocycles. The molecule has 0 aromatic heterocycles. The molecule has 0 aliphatic heterocycles. The Morgan fingerprint density at radius 2 is 1.32 bits per heavy atom. The Labute approximate surface area is 267 Å². The number of allylic oxidation sites excluding steroid dienone is 13. The van der Waals surface area contributed by atoms with Crippen molar-refractivity contribution in [2.24, 2.45) is 0 Å². The van der Waals surface area contributed by atoms with E-state index in [2.05, 4.69) is 66.9 Å². The zero-order valence-corrected chi connectivity index (χ0v) is 28.7. The first-order valence-corrected chi connectivity index (χ1v) is 17.4. The highest BCUT2D eigenvalue weighted by Gasteiger charge is 2.27. The number of likely N-dealkylation sites (N-methyl/N-ethyl adjacent to an activating group) is 1. The number of phosphoric ester groups is 1. The number of hydrogen-bond acceptors (Lipinski definition) is 5. The van der Waals surface area contributed by atoms with Crippen molar-refractivity contribution in [3.05, 3.63) is 85.1 Å². The van der Waals surface area contributed by atoms with Crippen LogP contribution in [0.25, 0.3) is 0 Å². The van der Waals surface area contributed by atoms with Crippen LogP contribution < -0.4 is 5.32 Å². The summed E-state index contributed by atoms with van der Waals surface area (Å²) >= 11 is 0. The Bertz CT molecular complexity index is 992. The summed E-state index contributed by atoms with van der Waals surface area (Å²) in [6.07, 6.45) is 35.5. The first kappa shape index (κ1) is 41.7. The highest BCUT2D eigenvalue weighted by atomic mass is 31.2. The molecule has 0 fully saturated rings. The second-order valence-corrected chi connectivity index (χ2v) is 12.9. The average Bonchev–Trinajstić information content (AvgIpc) is 2.95. The van der Waals surface area contributed by atoms with Gasteiger partial charge in [-0.3, -0.25) is 13.8 Å². The van der Waals surface area contributed by atoms with Gasteiger partial charge in [0, 0.05) is 6.42 Å². The molecule has 0 saturated carbocycles. The van der Waals surface area contributed by atoms with Crippen LogP contribution in [0, 0.1) is 0 Å². The van der Waals surface area contributed by atoms with E-state index in [-0.39, 0.29) is 25.5 Å². The zero-order chi connectivity index (χ0) is 32.9. The fraction of sp³-hybridized carbons (Fsp3) is 0.571. The summed E-state index contributed by atoms with van der Waals surface area (Å²) in [6, 6.07) is -0.907. The summed E-state index contributed by atoms with van der Waals surface area (Å²) in [5, 5.41) is 13.5. The van der Waals surface area contributed by atoms with Gasteiger partial charge in [0.25, 0.3) is 0 Å². The molecule has 0 radical (unpaired) electrons. The molecule has 0 bridgehead atoms. The molecule has 0 aliphatic carbocycles. The summed E-state index contributed by atoms with van der Waals surface area (Å²) in [5.41, 5.74) is 0. The third-order valence-electron chi connectivity index (χ3n) is 6.18. The minimum absolute atomic E-state index is 0.0356. The Balaban J connectivity index is 4.84. The predicted molar refractivity (Wildman–Crippen MR) is 184 cm³/mol. The second-order valence-electron chi connectivity index (χ2n) is 11.4. The minimum atomic E-state index is -4.35. The van der Waals surface area contributed by atoms with Crippen LogP contribution >= 0.6 is 7.82 Å². The maximum atomic E-state index is 12.6. The Kier molecular flexibility index (Phi) is 25.6. The summed E-state index contributed by atoms with van der Waals surface area (Å²) < 4.78 is 23.2. The van der Waals surface area contributed by atoms with E-state index in [1.807, 2.05) is 52.4 Å². The number of aliphatic hydroxyl groups excluding tert-OH is 1. The van der Waals surface area contributed by atoms with Crippen LogP contribution in [0.5, 0.6) is 0 Å². The van der Waals surface area contributed by atoms with Gasteiger partial charge < -0.3 is 19.8 Å². The molecule has 0 spiro atoms. The third kappa shape index (κ3) is 28.5. The van der Waals surface area contributed by atoms with Crippen molar-refractivity contribution >= 4 is 13.7 Å². The molecule has 0 aliphatic rings. The smallest absolute Gasteiger partial charge is 0.387 e. The van der Waals surface area contributed by atoms with E-state index in [0.29, 0.717) is 17.4 Å². The number of hydrogen-bond donors (Lipinski definition) is 3. The fourth-order valence-electron chi connectivity index (χ4n) is 3.62. The molecule has 250 valence electrons. The Morgan fingerprint density at radius 3 is 1.89 bits per heavy atom. The van der Waals surface area contributed by atoms with Crippen molar-refractivity contribution in [2.75, 3.05) is 40.9 Å². The Hall–Kier alpha value is -2.32. The summed E-state index contributed by atoms with van der Waals surface area (Å²) in [6.45, 7) is 4.31. The van der Waals surface area contributed by atoms with Crippen molar-refractivity contribution in [3.8, 4) is 0 Å². The number of nitrogens with zero attached hydrogens (tertiary/aromatic N) is 1. The standard InChI is InChI=1S/C35H59N2O6P/c1-6-8-10-12-14-16-17-18-19-21-23-25-27-29-35(39)36-33(32-43-44(40,41)42-31-30-37(3,4)5)34(38)28-26-24-22-20-15-13-11-9-7-2/h7-10,14-16,18-20,23,25-26,28,33-34,38H,6,11-13,17,21-22,24,27,29-32H2,1-5H3,(H-,36,39,40,41)/p+1/b9-7+,10-8-,16-14-,19-18-,20-15+,25-23-,28-26+. The number of phosphoric acid groups is 1. The van der Waals surface area contributed by atoms with Crippen molar-refractivity contribution in [1.82, 2.24) is 5.32 Å². The van der Waals surface area contributed by atoms with Crippen LogP contribution in [-0.4, -0.2) is 73.4 Å². The highest BCUT2D eigenvalue weighted by Crippen LogP contribution is 2.43. The molecular formula is C35H60N2O6P+. The van der Waals surface area contributed by atoms with Gasteiger partial charge in [-0.05, 0) is 64.7 Å². The van der Waals surface area contributed by atoms with Gasteiger partial charge in [0.05, 0.1) is 39.9 Å². The number of rotatable bonds is 26. The molecule has 0 saturated heterocycles. The van der Waals surface area contributed by atoms with E-state index in [1.54, 1.807) is 6.08 Å². The van der Waals surface area contributed by atoms with Gasteiger partial charge in [-0.15, -0.1) is 0 Å². The van der Waals surface area contributed by atoms with E-state index in [4.69, 9.17) is 9.05 Å². The van der Waals surface area contributed by atoms with Gasteiger partial charge >= 0.3 is 7.82 Å². The lowest BCUT2D eigenvalue weighted by Crippen LogP contribution is -2.45. The zero-order valence-electron chi connectivity index (χ0n) is 27.9. The minimum Gasteiger partial charge on any atom is -0.387 e. The molecule has 1 amide bonds. The van der Waals surface area contributed by atoms with Crippen molar-refractivity contribution < 1.29 is 32.9 Å². The molecule has 0 rings (SSSR count). The molecule has 0 aromatic rings. The number of unbranched alkanes of at least 4 members (excludes halogenated alkanes) is 2. The largest absolute Gasteiger partial charge is 0.472 e. The topological polar surface area (TPSA) is 105 Å². The van der Waals surface area contributed by atoms with Crippen molar-refractivity contribution in [2.45, 2.75) is 90.2 Å². The van der Waals surface area contributed by atoms with E-state index < -0.39 is 20.0 Å². The van der Waals surface area contributed by atoms with Crippen LogP contribution in [0.2, 0.25) is 0 Å². The number of carbonyl (C=O) groups is 1. The van der Waals surface area contributed by atoms with Gasteiger partial charge in [-0.25, -0.2) is 4.57 Å². The third-order valence-corrected chi connectivity index (χ3v) is 7.17. The lowest BCUT2D eigenvalue weighted by molar-refractivity contribution is -0.870. The van der Waals surface area contributed by atoms with Gasteiger partial charge in [0.2, 0.25) is 5.91 Å². The molecule has 3 atom stereocenters. The number of nitrogens with one attached hydrogen (secondary N) is 1. The van der Waals surface area contributed by atoms with Gasteiger partial charge in [-0.1, -0.05) is 92.0 Å². The quantitative estimate of drug-likeness (QED) is 0.0393. The number of quaternary nitrogens is 1. The average molecular weight is 636 g/mol. The lowest BCUT2D eigenvalue weighted by atomic mass is 10.1. The molecule has 8 nitrogen and oxygen atoms in total. The summed E-state index contributed by atoms with van der Waals surface area (Å²) in [4.78, 5) is 22.8. The molecule has 3 unspecified atom stereocenters.